The Bertz CT molecular complexity index is 3680. The topological polar surface area (TPSA) is 183 Å². The van der Waals surface area contributed by atoms with Gasteiger partial charge in [0, 0.05) is 33.9 Å². The summed E-state index contributed by atoms with van der Waals surface area (Å²) in [6.07, 6.45) is 21.6. The van der Waals surface area contributed by atoms with Crippen molar-refractivity contribution in [2.45, 2.75) is 230 Å². The molecule has 14 heteroatoms. The van der Waals surface area contributed by atoms with Crippen molar-refractivity contribution in [3.05, 3.63) is 69.8 Å². The number of aliphatic hydroxyl groups is 2. The molecule has 0 amide bonds. The van der Waals surface area contributed by atoms with E-state index in [9.17, 15) is 19.8 Å². The van der Waals surface area contributed by atoms with Crippen molar-refractivity contribution in [1.82, 2.24) is 0 Å². The lowest BCUT2D eigenvalue weighted by atomic mass is 9.33. The van der Waals surface area contributed by atoms with Gasteiger partial charge in [-0.3, -0.25) is 14.4 Å². The molecule has 0 bridgehead atoms. The lowest BCUT2D eigenvalue weighted by Crippen LogP contribution is -2.67. The van der Waals surface area contributed by atoms with Crippen LogP contribution >= 0.6 is 0 Å². The van der Waals surface area contributed by atoms with Gasteiger partial charge in [0.05, 0.1) is 64.2 Å². The van der Waals surface area contributed by atoms with Crippen LogP contribution < -0.4 is 18.9 Å². The van der Waals surface area contributed by atoms with E-state index in [4.69, 9.17) is 37.9 Å². The molecule has 14 rings (SSSR count). The number of carbonyl (C=O) groups excluding carboxylic acids is 4. The van der Waals surface area contributed by atoms with Gasteiger partial charge in [-0.2, -0.15) is 0 Å². The third-order valence-electron chi connectivity index (χ3n) is 31.9. The molecule has 530 valence electrons. The van der Waals surface area contributed by atoms with E-state index in [1.807, 2.05) is 24.3 Å². The van der Waals surface area contributed by atoms with Crippen molar-refractivity contribution in [2.75, 3.05) is 48.8 Å². The van der Waals surface area contributed by atoms with Gasteiger partial charge in [0.2, 0.25) is 0 Å². The van der Waals surface area contributed by atoms with Gasteiger partial charge in [-0.25, -0.2) is 4.79 Å². The highest BCUT2D eigenvalue weighted by Crippen LogP contribution is 2.79. The van der Waals surface area contributed by atoms with E-state index in [2.05, 4.69) is 95.2 Å². The molecule has 0 aromatic heterocycles. The number of ether oxygens (including phenoxy) is 8. The number of methoxy groups -OCH3 is 5. The summed E-state index contributed by atoms with van der Waals surface area (Å²) >= 11 is 0. The van der Waals surface area contributed by atoms with Gasteiger partial charge in [-0.05, 0) is 231 Å². The molecular formula is C83H114O14. The molecule has 0 radical (unpaired) electrons. The average molecular weight is 1340 g/mol. The molecule has 2 aromatic rings. The maximum Gasteiger partial charge on any atom is 0.334 e. The number of hydrogen-bond acceptors (Lipinski definition) is 14. The fraction of sp³-hybridized carbons (Fsp3) is 0.735. The van der Waals surface area contributed by atoms with Gasteiger partial charge in [0.25, 0.3) is 0 Å². The highest BCUT2D eigenvalue weighted by atomic mass is 16.6. The van der Waals surface area contributed by atoms with E-state index in [0.717, 1.165) is 83.5 Å². The number of allylic oxidation sites excluding steroid dienone is 2. The first-order chi connectivity index (χ1) is 45.6. The largest absolute Gasteiger partial charge is 0.493 e. The van der Waals surface area contributed by atoms with Crippen LogP contribution in [0.15, 0.2) is 53.1 Å². The first kappa shape index (κ1) is 68.8. The standard InChI is InChI=1S/C83H114O14/c1-72(2)32-34-80(70(88)93-16)36-38-82(50(52(80)43-72)19-22-60-76(9)28-26-62(84)74(5,6)58(76)24-30-78(60,82)11)45-95-68(86)49-40-47-18-21-54(90-13)67-64(47)65(48-41-56(91-14)57(92-15)42-55(48)97-67)66(49)69(87)96-46-83-39-37-81(71(89)94-17)35-33-73(3,4)44-53(81)51(83)20-23-61-77(10)29-27-63(85)75(7,8)59(77)25-31-79(61,83)12/h18-21,40-42,52-53,58-63,65-66,84-85H,22-39,43-46H2,1-17H3/t52?,53?,58-,59-,60+,61+,62-,63-,65?,66?,76-,77-,78+,79+,80-,81-,82-,83-/m0/s1. The summed E-state index contributed by atoms with van der Waals surface area (Å²) in [5.74, 6) is -0.847. The van der Waals surface area contributed by atoms with Crippen LogP contribution in [0.3, 0.4) is 0 Å². The van der Waals surface area contributed by atoms with E-state index in [1.54, 1.807) is 27.4 Å². The molecule has 0 spiro atoms. The zero-order chi connectivity index (χ0) is 69.6. The Morgan fingerprint density at radius 3 is 1.46 bits per heavy atom. The van der Waals surface area contributed by atoms with E-state index in [1.165, 1.54) is 25.4 Å². The molecular weight excluding hydrogens is 1220 g/mol. The minimum Gasteiger partial charge on any atom is -0.493 e. The van der Waals surface area contributed by atoms with Gasteiger partial charge in [-0.15, -0.1) is 0 Å². The summed E-state index contributed by atoms with van der Waals surface area (Å²) in [5.41, 5.74) is -0.0866. The summed E-state index contributed by atoms with van der Waals surface area (Å²) in [5, 5.41) is 23.5. The Balaban J connectivity index is 0.907. The molecule has 97 heavy (non-hydrogen) atoms. The Labute approximate surface area is 577 Å². The van der Waals surface area contributed by atoms with E-state index in [0.29, 0.717) is 90.4 Å². The molecule has 4 unspecified atom stereocenters. The van der Waals surface area contributed by atoms with Crippen molar-refractivity contribution in [1.29, 1.82) is 0 Å². The van der Waals surface area contributed by atoms with Crippen LogP contribution in [0, 0.1) is 106 Å². The molecule has 2 N–H and O–H groups in total. The van der Waals surface area contributed by atoms with Crippen LogP contribution in [-0.2, 0) is 38.1 Å². The van der Waals surface area contributed by atoms with Crippen molar-refractivity contribution in [2.24, 2.45) is 106 Å². The molecule has 18 atom stereocenters. The SMILES string of the molecule is COC(=O)[C@]12CCC(C)(C)CC1C1=CC[C@@H]3[C@@]4(C)CC[C@H](O)C(C)(C)[C@@H]4CC[C@@]3(C)[C@]1(COC(=O)C1=Cc3ccc(OC)c4c3C(c3cc(OC)c(OC)cc3O4)C1C(=O)OC[C@@]13CC[C@@]4(C(=O)OC)CCC(C)(C)CC4C1=CC[C@@H]1[C@@]4(C)CC[C@H](O)C(C)(C)[C@@H]4CC[C@]13C)CC2. The zero-order valence-electron chi connectivity index (χ0n) is 61.7. The molecule has 2 aromatic carbocycles. The fourth-order valence-electron chi connectivity index (χ4n) is 26.4. The quantitative estimate of drug-likeness (QED) is 0.123. The second-order valence-corrected chi connectivity index (χ2v) is 37.2. The molecule has 12 aliphatic rings. The number of fused-ring (bicyclic) bond motifs is 16. The molecule has 8 saturated carbocycles. The number of rotatable bonds is 11. The lowest BCUT2D eigenvalue weighted by Gasteiger charge is -2.71. The predicted octanol–water partition coefficient (Wildman–Crippen LogP) is 16.7. The van der Waals surface area contributed by atoms with Crippen LogP contribution in [-0.4, -0.2) is 95.1 Å². The van der Waals surface area contributed by atoms with Crippen molar-refractivity contribution >= 4 is 30.0 Å². The number of hydrogen-bond donors (Lipinski definition) is 2. The number of aliphatic hydroxyl groups excluding tert-OH is 2. The normalized spacial score (nSPS) is 41.7. The number of esters is 4. The smallest absolute Gasteiger partial charge is 0.334 e. The van der Waals surface area contributed by atoms with Gasteiger partial charge in [0.15, 0.2) is 23.0 Å². The van der Waals surface area contributed by atoms with Gasteiger partial charge in [0.1, 0.15) is 24.9 Å². The fourth-order valence-corrected chi connectivity index (χ4v) is 26.4. The van der Waals surface area contributed by atoms with Crippen LogP contribution in [0.4, 0.5) is 0 Å². The molecule has 8 fully saturated rings. The summed E-state index contributed by atoms with van der Waals surface area (Å²) < 4.78 is 51.5. The monoisotopic (exact) mass is 1330 g/mol. The average Bonchev–Trinajstić information content (AvgIpc) is 0.679. The highest BCUT2D eigenvalue weighted by Gasteiger charge is 2.74. The second kappa shape index (κ2) is 22.8. The lowest BCUT2D eigenvalue weighted by molar-refractivity contribution is -0.218. The van der Waals surface area contributed by atoms with Gasteiger partial charge >= 0.3 is 23.9 Å². The van der Waals surface area contributed by atoms with E-state index >= 15 is 9.59 Å². The van der Waals surface area contributed by atoms with E-state index < -0.39 is 68.5 Å². The summed E-state index contributed by atoms with van der Waals surface area (Å²) in [6.45, 7) is 28.3. The maximum absolute atomic E-state index is 17.0. The van der Waals surface area contributed by atoms with Crippen molar-refractivity contribution in [3.8, 4) is 28.7 Å². The number of carbonyl (C=O) groups is 4. The summed E-state index contributed by atoms with van der Waals surface area (Å²) in [4.78, 5) is 63.1. The van der Waals surface area contributed by atoms with Crippen LogP contribution in [0.25, 0.3) is 6.08 Å². The van der Waals surface area contributed by atoms with Crippen LogP contribution in [0.2, 0.25) is 0 Å². The van der Waals surface area contributed by atoms with Crippen LogP contribution in [0.5, 0.6) is 28.7 Å². The van der Waals surface area contributed by atoms with Crippen LogP contribution in [0.1, 0.15) is 234 Å². The van der Waals surface area contributed by atoms with Crippen molar-refractivity contribution < 1.29 is 67.3 Å². The molecule has 14 nitrogen and oxygen atoms in total. The minimum absolute atomic E-state index is 0.0363. The van der Waals surface area contributed by atoms with Gasteiger partial charge < -0.3 is 48.1 Å². The third kappa shape index (κ3) is 9.38. The Hall–Kier alpha value is -5.34. The Kier molecular flexibility index (Phi) is 16.2. The highest BCUT2D eigenvalue weighted by molar-refractivity contribution is 6.03. The second-order valence-electron chi connectivity index (χ2n) is 37.2. The molecule has 11 aliphatic carbocycles. The molecule has 1 aliphatic heterocycles. The molecule has 1 heterocycles. The van der Waals surface area contributed by atoms with Gasteiger partial charge in [-0.1, -0.05) is 112 Å². The summed E-state index contributed by atoms with van der Waals surface area (Å²) in [7, 11) is 7.83. The maximum atomic E-state index is 17.0. The zero-order valence-corrected chi connectivity index (χ0v) is 61.7. The summed E-state index contributed by atoms with van der Waals surface area (Å²) in [6, 6.07) is 7.43. The Morgan fingerprint density at radius 2 is 0.990 bits per heavy atom. The number of benzene rings is 2. The Morgan fingerprint density at radius 1 is 0.526 bits per heavy atom. The first-order valence-corrected chi connectivity index (χ1v) is 37.3. The predicted molar refractivity (Wildman–Crippen MR) is 371 cm³/mol. The molecule has 0 saturated heterocycles. The first-order valence-electron chi connectivity index (χ1n) is 37.3. The van der Waals surface area contributed by atoms with Crippen molar-refractivity contribution in [3.63, 3.8) is 0 Å². The van der Waals surface area contributed by atoms with E-state index in [-0.39, 0.29) is 98.7 Å². The minimum atomic E-state index is -1.27. The third-order valence-corrected chi connectivity index (χ3v) is 31.9.